The van der Waals surface area contributed by atoms with E-state index < -0.39 is 27.9 Å². The highest BCUT2D eigenvalue weighted by molar-refractivity contribution is 7.91. The first-order chi connectivity index (χ1) is 9.90. The molecule has 1 fully saturated rings. The van der Waals surface area contributed by atoms with Crippen LogP contribution in [0.15, 0.2) is 21.7 Å². The number of thiophene rings is 1. The van der Waals surface area contributed by atoms with Crippen LogP contribution in [-0.2, 0) is 19.6 Å². The molecule has 1 heterocycles. The van der Waals surface area contributed by atoms with Crippen molar-refractivity contribution in [2.45, 2.75) is 29.5 Å². The summed E-state index contributed by atoms with van der Waals surface area (Å²) < 4.78 is 26.1. The molecule has 1 amide bonds. The molecule has 116 valence electrons. The molecule has 21 heavy (non-hydrogen) atoms. The third-order valence-corrected chi connectivity index (χ3v) is 5.94. The molecule has 7 nitrogen and oxygen atoms in total. The van der Waals surface area contributed by atoms with E-state index in [2.05, 4.69) is 10.0 Å². The lowest BCUT2D eigenvalue weighted by atomic mass is 10.2. The Hall–Kier alpha value is -1.45. The lowest BCUT2D eigenvalue weighted by Crippen LogP contribution is -2.43. The fourth-order valence-electron chi connectivity index (χ4n) is 1.84. The summed E-state index contributed by atoms with van der Waals surface area (Å²) in [6.45, 7) is -0.0664. The Morgan fingerprint density at radius 3 is 2.67 bits per heavy atom. The van der Waals surface area contributed by atoms with Crippen LogP contribution in [0.2, 0.25) is 0 Å². The summed E-state index contributed by atoms with van der Waals surface area (Å²) >= 11 is 1.09. The number of sulfonamides is 1. The molecule has 1 aliphatic rings. The van der Waals surface area contributed by atoms with Gasteiger partial charge in [-0.05, 0) is 30.2 Å². The second-order valence-corrected chi connectivity index (χ2v) is 7.74. The maximum atomic E-state index is 11.8. The molecule has 1 aromatic rings. The van der Waals surface area contributed by atoms with E-state index in [1.54, 1.807) is 11.4 Å². The number of carbonyl (C=O) groups excluding carboxylic acids is 1. The van der Waals surface area contributed by atoms with Crippen LogP contribution in [-0.4, -0.2) is 38.0 Å². The number of aliphatic carboxylic acids is 1. The third kappa shape index (κ3) is 4.51. The van der Waals surface area contributed by atoms with E-state index in [-0.39, 0.29) is 23.1 Å². The normalized spacial score (nSPS) is 16.4. The summed E-state index contributed by atoms with van der Waals surface area (Å²) in [5, 5.41) is 13.1. The van der Waals surface area contributed by atoms with Crippen molar-refractivity contribution in [3.05, 3.63) is 17.5 Å². The fourth-order valence-corrected chi connectivity index (χ4v) is 3.91. The number of carboxylic acid groups (broad SMARTS) is 1. The van der Waals surface area contributed by atoms with Crippen LogP contribution in [0.25, 0.3) is 0 Å². The van der Waals surface area contributed by atoms with Gasteiger partial charge in [0.15, 0.2) is 0 Å². The molecule has 0 aliphatic heterocycles. The zero-order chi connectivity index (χ0) is 15.5. The molecule has 0 radical (unpaired) electrons. The summed E-state index contributed by atoms with van der Waals surface area (Å²) in [5.41, 5.74) is 0. The minimum Gasteiger partial charge on any atom is -0.480 e. The average Bonchev–Trinajstić information content (AvgIpc) is 3.07. The summed E-state index contributed by atoms with van der Waals surface area (Å²) in [7, 11) is -3.59. The van der Waals surface area contributed by atoms with Crippen molar-refractivity contribution in [1.29, 1.82) is 0 Å². The lowest BCUT2D eigenvalue weighted by molar-refractivity contribution is -0.142. The number of carbonyl (C=O) groups is 2. The van der Waals surface area contributed by atoms with Crippen LogP contribution >= 0.6 is 11.3 Å². The molecule has 1 aliphatic carbocycles. The Bertz CT molecular complexity index is 608. The Kier molecular flexibility index (Phi) is 4.96. The molecule has 2 rings (SSSR count). The van der Waals surface area contributed by atoms with E-state index in [1.807, 2.05) is 0 Å². The van der Waals surface area contributed by atoms with Crippen molar-refractivity contribution in [2.24, 2.45) is 5.92 Å². The van der Waals surface area contributed by atoms with Gasteiger partial charge >= 0.3 is 5.97 Å². The maximum absolute atomic E-state index is 11.8. The van der Waals surface area contributed by atoms with Crippen molar-refractivity contribution in [3.8, 4) is 0 Å². The predicted octanol–water partition coefficient (Wildman–Crippen LogP) is 0.396. The van der Waals surface area contributed by atoms with Crippen LogP contribution in [0.3, 0.4) is 0 Å². The Balaban J connectivity index is 1.78. The Morgan fingerprint density at radius 2 is 2.14 bits per heavy atom. The lowest BCUT2D eigenvalue weighted by Gasteiger charge is -2.13. The SMILES string of the molecule is O=C(CCNS(=O)(=O)c1cccs1)NC(C(=O)O)C1CC1. The first kappa shape index (κ1) is 15.9. The smallest absolute Gasteiger partial charge is 0.326 e. The van der Waals surface area contributed by atoms with Gasteiger partial charge in [-0.3, -0.25) is 4.79 Å². The molecule has 9 heteroatoms. The predicted molar refractivity (Wildman–Crippen MR) is 76.4 cm³/mol. The molecule has 1 unspecified atom stereocenters. The highest BCUT2D eigenvalue weighted by atomic mass is 32.2. The summed E-state index contributed by atoms with van der Waals surface area (Å²) in [6, 6.07) is 2.23. The Morgan fingerprint density at radius 1 is 1.43 bits per heavy atom. The standard InChI is InChI=1S/C12H16N2O5S2/c15-9(14-11(12(16)17)8-3-4-8)5-6-13-21(18,19)10-2-1-7-20-10/h1-2,7-8,11,13H,3-6H2,(H,14,15)(H,16,17). The topological polar surface area (TPSA) is 113 Å². The molecular weight excluding hydrogens is 316 g/mol. The van der Waals surface area contributed by atoms with Crippen molar-refractivity contribution in [2.75, 3.05) is 6.54 Å². The van der Waals surface area contributed by atoms with Gasteiger partial charge < -0.3 is 10.4 Å². The van der Waals surface area contributed by atoms with Crippen LogP contribution in [0.5, 0.6) is 0 Å². The largest absolute Gasteiger partial charge is 0.480 e. The van der Waals surface area contributed by atoms with Gasteiger partial charge in [0, 0.05) is 13.0 Å². The number of carboxylic acids is 1. The van der Waals surface area contributed by atoms with Crippen LogP contribution in [0.4, 0.5) is 0 Å². The van der Waals surface area contributed by atoms with Gasteiger partial charge in [0.25, 0.3) is 0 Å². The van der Waals surface area contributed by atoms with Crippen molar-refractivity contribution in [3.63, 3.8) is 0 Å². The molecule has 0 bridgehead atoms. The van der Waals surface area contributed by atoms with Gasteiger partial charge in [0.2, 0.25) is 15.9 Å². The number of amides is 1. The molecule has 0 saturated heterocycles. The van der Waals surface area contributed by atoms with E-state index >= 15 is 0 Å². The molecule has 0 aromatic carbocycles. The molecule has 1 atom stereocenters. The molecule has 1 saturated carbocycles. The van der Waals surface area contributed by atoms with Crippen LogP contribution < -0.4 is 10.0 Å². The first-order valence-corrected chi connectivity index (χ1v) is 8.82. The molecular formula is C12H16N2O5S2. The van der Waals surface area contributed by atoms with Crippen molar-refractivity contribution >= 4 is 33.2 Å². The van der Waals surface area contributed by atoms with Gasteiger partial charge in [-0.2, -0.15) is 0 Å². The zero-order valence-corrected chi connectivity index (χ0v) is 12.7. The highest BCUT2D eigenvalue weighted by Gasteiger charge is 2.37. The van der Waals surface area contributed by atoms with E-state index in [0.717, 1.165) is 24.2 Å². The fraction of sp³-hybridized carbons (Fsp3) is 0.500. The van der Waals surface area contributed by atoms with Crippen molar-refractivity contribution in [1.82, 2.24) is 10.0 Å². The van der Waals surface area contributed by atoms with E-state index in [0.29, 0.717) is 0 Å². The Labute approximate surface area is 126 Å². The minimum absolute atomic E-state index is 0.00531. The van der Waals surface area contributed by atoms with Gasteiger partial charge in [0.1, 0.15) is 10.3 Å². The zero-order valence-electron chi connectivity index (χ0n) is 11.1. The van der Waals surface area contributed by atoms with E-state index in [9.17, 15) is 18.0 Å². The van der Waals surface area contributed by atoms with Gasteiger partial charge in [-0.25, -0.2) is 17.9 Å². The number of rotatable bonds is 8. The second kappa shape index (κ2) is 6.54. The molecule has 1 aromatic heterocycles. The second-order valence-electron chi connectivity index (χ2n) is 4.80. The van der Waals surface area contributed by atoms with E-state index in [4.69, 9.17) is 5.11 Å². The molecule has 3 N–H and O–H groups in total. The number of hydrogen-bond acceptors (Lipinski definition) is 5. The van der Waals surface area contributed by atoms with Gasteiger partial charge in [0.05, 0.1) is 0 Å². The van der Waals surface area contributed by atoms with Gasteiger partial charge in [-0.15, -0.1) is 11.3 Å². The number of nitrogens with one attached hydrogen (secondary N) is 2. The van der Waals surface area contributed by atoms with Crippen LogP contribution in [0, 0.1) is 5.92 Å². The average molecular weight is 332 g/mol. The van der Waals surface area contributed by atoms with Crippen molar-refractivity contribution < 1.29 is 23.1 Å². The number of hydrogen-bond donors (Lipinski definition) is 3. The third-order valence-electron chi connectivity index (χ3n) is 3.08. The quantitative estimate of drug-likeness (QED) is 0.638. The monoisotopic (exact) mass is 332 g/mol. The van der Waals surface area contributed by atoms with Gasteiger partial charge in [-0.1, -0.05) is 6.07 Å². The first-order valence-electron chi connectivity index (χ1n) is 6.45. The highest BCUT2D eigenvalue weighted by Crippen LogP contribution is 2.32. The van der Waals surface area contributed by atoms with E-state index in [1.165, 1.54) is 6.07 Å². The minimum atomic E-state index is -3.59. The summed E-state index contributed by atoms with van der Waals surface area (Å²) in [4.78, 5) is 22.6. The molecule has 0 spiro atoms. The summed E-state index contributed by atoms with van der Waals surface area (Å²) in [5.74, 6) is -1.53. The maximum Gasteiger partial charge on any atom is 0.326 e. The van der Waals surface area contributed by atoms with Crippen LogP contribution in [0.1, 0.15) is 19.3 Å². The summed E-state index contributed by atoms with van der Waals surface area (Å²) in [6.07, 6.45) is 1.49.